The molecule has 1 atom stereocenters. The molecule has 0 unspecified atom stereocenters. The molecule has 0 spiro atoms. The maximum Gasteiger partial charge on any atom is 0.226 e. The number of carbonyl (C=O) groups is 1. The van der Waals surface area contributed by atoms with Crippen molar-refractivity contribution in [2.45, 2.75) is 19.4 Å². The lowest BCUT2D eigenvalue weighted by atomic mass is 9.96. The van der Waals surface area contributed by atoms with Crippen molar-refractivity contribution in [2.75, 3.05) is 13.2 Å². The summed E-state index contributed by atoms with van der Waals surface area (Å²) >= 11 is 0. The van der Waals surface area contributed by atoms with Crippen molar-refractivity contribution in [2.24, 2.45) is 5.92 Å². The van der Waals surface area contributed by atoms with Gasteiger partial charge < -0.3 is 10.1 Å². The number of ether oxygens (including phenoxy) is 1. The zero-order chi connectivity index (χ0) is 14.5. The molecule has 3 rings (SSSR count). The van der Waals surface area contributed by atoms with Gasteiger partial charge in [-0.15, -0.1) is 0 Å². The second kappa shape index (κ2) is 6.43. The van der Waals surface area contributed by atoms with Crippen molar-refractivity contribution < 1.29 is 9.53 Å². The summed E-state index contributed by atoms with van der Waals surface area (Å²) in [6, 6.07) is 9.80. The molecule has 110 valence electrons. The van der Waals surface area contributed by atoms with Gasteiger partial charge in [-0.3, -0.25) is 9.48 Å². The van der Waals surface area contributed by atoms with Crippen LogP contribution in [0.4, 0.5) is 0 Å². The summed E-state index contributed by atoms with van der Waals surface area (Å²) in [5, 5.41) is 7.12. The molecule has 2 aromatic rings. The van der Waals surface area contributed by atoms with Gasteiger partial charge >= 0.3 is 0 Å². The predicted octanol–water partition coefficient (Wildman–Crippen LogP) is 1.64. The molecular formula is C16H19N3O2. The van der Waals surface area contributed by atoms with Gasteiger partial charge in [0.25, 0.3) is 0 Å². The monoisotopic (exact) mass is 285 g/mol. The Labute approximate surface area is 123 Å². The van der Waals surface area contributed by atoms with Crippen LogP contribution < -0.4 is 10.1 Å². The maximum absolute atomic E-state index is 12.2. The molecule has 1 aromatic heterocycles. The number of amides is 1. The van der Waals surface area contributed by atoms with E-state index in [1.807, 2.05) is 41.2 Å². The quantitative estimate of drug-likeness (QED) is 0.850. The van der Waals surface area contributed by atoms with Crippen LogP contribution in [0.15, 0.2) is 42.7 Å². The number of para-hydroxylation sites is 1. The Hall–Kier alpha value is -2.30. The molecule has 0 fully saturated rings. The first-order chi connectivity index (χ1) is 10.3. The third-order valence-corrected chi connectivity index (χ3v) is 3.67. The number of hydrogen-bond donors (Lipinski definition) is 1. The number of nitrogens with zero attached hydrogens (tertiary/aromatic N) is 2. The molecule has 0 aliphatic carbocycles. The van der Waals surface area contributed by atoms with Crippen LogP contribution in [0.3, 0.4) is 0 Å². The zero-order valence-electron chi connectivity index (χ0n) is 11.9. The summed E-state index contributed by atoms with van der Waals surface area (Å²) in [6.45, 7) is 1.94. The average molecular weight is 285 g/mol. The third-order valence-electron chi connectivity index (χ3n) is 3.67. The summed E-state index contributed by atoms with van der Waals surface area (Å²) in [7, 11) is 0. The SMILES string of the molecule is O=C(NCCCn1cccn1)[C@H]1COc2ccccc2C1. The molecule has 1 aliphatic rings. The molecule has 21 heavy (non-hydrogen) atoms. The van der Waals surface area contributed by atoms with Crippen molar-refractivity contribution in [1.29, 1.82) is 0 Å². The van der Waals surface area contributed by atoms with Crippen molar-refractivity contribution >= 4 is 5.91 Å². The summed E-state index contributed by atoms with van der Waals surface area (Å²) in [5.41, 5.74) is 1.11. The number of aromatic nitrogens is 2. The third kappa shape index (κ3) is 3.42. The highest BCUT2D eigenvalue weighted by Gasteiger charge is 2.25. The van der Waals surface area contributed by atoms with Crippen LogP contribution in [0.5, 0.6) is 5.75 Å². The highest BCUT2D eigenvalue weighted by molar-refractivity contribution is 5.79. The number of rotatable bonds is 5. The fourth-order valence-electron chi connectivity index (χ4n) is 2.53. The Kier molecular flexibility index (Phi) is 4.19. The van der Waals surface area contributed by atoms with E-state index < -0.39 is 0 Å². The van der Waals surface area contributed by atoms with Gasteiger partial charge in [-0.2, -0.15) is 5.10 Å². The van der Waals surface area contributed by atoms with E-state index in [1.54, 1.807) is 6.20 Å². The normalized spacial score (nSPS) is 16.9. The molecule has 5 nitrogen and oxygen atoms in total. The maximum atomic E-state index is 12.2. The van der Waals surface area contributed by atoms with E-state index in [4.69, 9.17) is 4.74 Å². The summed E-state index contributed by atoms with van der Waals surface area (Å²) < 4.78 is 7.51. The standard InChI is InChI=1S/C16H19N3O2/c20-16(17-7-3-9-19-10-4-8-18-19)14-11-13-5-1-2-6-15(13)21-12-14/h1-2,4-6,8,10,14H,3,7,9,11-12H2,(H,17,20)/t14-/m1/s1. The van der Waals surface area contributed by atoms with Gasteiger partial charge in [-0.1, -0.05) is 18.2 Å². The lowest BCUT2D eigenvalue weighted by molar-refractivity contribution is -0.126. The van der Waals surface area contributed by atoms with Gasteiger partial charge in [0.05, 0.1) is 5.92 Å². The van der Waals surface area contributed by atoms with Crippen molar-refractivity contribution in [1.82, 2.24) is 15.1 Å². The molecule has 0 saturated carbocycles. The second-order valence-corrected chi connectivity index (χ2v) is 5.23. The Balaban J connectivity index is 1.44. The lowest BCUT2D eigenvalue weighted by Gasteiger charge is -2.24. The Morgan fingerprint density at radius 2 is 2.29 bits per heavy atom. The first kappa shape index (κ1) is 13.7. The molecule has 1 aliphatic heterocycles. The molecule has 0 saturated heterocycles. The van der Waals surface area contributed by atoms with E-state index >= 15 is 0 Å². The fraction of sp³-hybridized carbons (Fsp3) is 0.375. The summed E-state index contributed by atoms with van der Waals surface area (Å²) in [4.78, 5) is 12.2. The summed E-state index contributed by atoms with van der Waals surface area (Å²) in [5.74, 6) is 0.884. The van der Waals surface area contributed by atoms with Crippen molar-refractivity contribution in [3.8, 4) is 5.75 Å². The van der Waals surface area contributed by atoms with Gasteiger partial charge in [0.15, 0.2) is 0 Å². The average Bonchev–Trinajstić information content (AvgIpc) is 3.04. The van der Waals surface area contributed by atoms with E-state index in [9.17, 15) is 4.79 Å². The molecule has 2 heterocycles. The molecular weight excluding hydrogens is 266 g/mol. The molecule has 5 heteroatoms. The van der Waals surface area contributed by atoms with Gasteiger partial charge in [0, 0.05) is 25.5 Å². The predicted molar refractivity (Wildman–Crippen MR) is 79.0 cm³/mol. The number of nitrogens with one attached hydrogen (secondary N) is 1. The van der Waals surface area contributed by atoms with E-state index in [0.717, 1.165) is 30.7 Å². The van der Waals surface area contributed by atoms with Crippen molar-refractivity contribution in [3.63, 3.8) is 0 Å². The van der Waals surface area contributed by atoms with E-state index in [0.29, 0.717) is 13.2 Å². The number of hydrogen-bond acceptors (Lipinski definition) is 3. The first-order valence-corrected chi connectivity index (χ1v) is 7.29. The van der Waals surface area contributed by atoms with Crippen LogP contribution in [-0.4, -0.2) is 28.8 Å². The molecule has 0 radical (unpaired) electrons. The second-order valence-electron chi connectivity index (χ2n) is 5.23. The van der Waals surface area contributed by atoms with Gasteiger partial charge in [-0.25, -0.2) is 0 Å². The highest BCUT2D eigenvalue weighted by Crippen LogP contribution is 2.26. The molecule has 1 N–H and O–H groups in total. The molecule has 1 aromatic carbocycles. The zero-order valence-corrected chi connectivity index (χ0v) is 11.9. The number of aryl methyl sites for hydroxylation is 1. The van der Waals surface area contributed by atoms with E-state index in [2.05, 4.69) is 10.4 Å². The molecule has 0 bridgehead atoms. The number of fused-ring (bicyclic) bond motifs is 1. The van der Waals surface area contributed by atoms with Gasteiger partial charge in [0.1, 0.15) is 12.4 Å². The van der Waals surface area contributed by atoms with Crippen LogP contribution in [-0.2, 0) is 17.8 Å². The Bertz CT molecular complexity index is 595. The lowest BCUT2D eigenvalue weighted by Crippen LogP contribution is -2.38. The Morgan fingerprint density at radius 1 is 1.38 bits per heavy atom. The largest absolute Gasteiger partial charge is 0.492 e. The van der Waals surface area contributed by atoms with E-state index in [1.165, 1.54) is 0 Å². The van der Waals surface area contributed by atoms with Crippen LogP contribution in [0.1, 0.15) is 12.0 Å². The van der Waals surface area contributed by atoms with Gasteiger partial charge in [0.2, 0.25) is 5.91 Å². The van der Waals surface area contributed by atoms with Crippen LogP contribution in [0.2, 0.25) is 0 Å². The van der Waals surface area contributed by atoms with Crippen LogP contribution >= 0.6 is 0 Å². The van der Waals surface area contributed by atoms with E-state index in [-0.39, 0.29) is 11.8 Å². The summed E-state index contributed by atoms with van der Waals surface area (Å²) in [6.07, 6.45) is 5.31. The minimum atomic E-state index is -0.0930. The minimum Gasteiger partial charge on any atom is -0.492 e. The first-order valence-electron chi connectivity index (χ1n) is 7.29. The smallest absolute Gasteiger partial charge is 0.226 e. The number of benzene rings is 1. The van der Waals surface area contributed by atoms with Gasteiger partial charge in [-0.05, 0) is 30.5 Å². The topological polar surface area (TPSA) is 56.2 Å². The Morgan fingerprint density at radius 3 is 3.14 bits per heavy atom. The van der Waals surface area contributed by atoms with Crippen molar-refractivity contribution in [3.05, 3.63) is 48.3 Å². The molecule has 1 amide bonds. The number of carbonyl (C=O) groups excluding carboxylic acids is 1. The minimum absolute atomic E-state index is 0.0740. The van der Waals surface area contributed by atoms with Crippen LogP contribution in [0, 0.1) is 5.92 Å². The fourth-order valence-corrected chi connectivity index (χ4v) is 2.53. The highest BCUT2D eigenvalue weighted by atomic mass is 16.5. The van der Waals surface area contributed by atoms with Crippen LogP contribution in [0.25, 0.3) is 0 Å².